The van der Waals surface area contributed by atoms with Crippen molar-refractivity contribution >= 4 is 52.8 Å². The van der Waals surface area contributed by atoms with Crippen LogP contribution in [0.15, 0.2) is 42.0 Å². The number of rotatable bonds is 4. The molecule has 8 heteroatoms. The van der Waals surface area contributed by atoms with Gasteiger partial charge in [-0.3, -0.25) is 14.9 Å². The Hall–Kier alpha value is -3.27. The van der Waals surface area contributed by atoms with Crippen LogP contribution in [-0.4, -0.2) is 24.5 Å². The van der Waals surface area contributed by atoms with Gasteiger partial charge in [-0.2, -0.15) is 0 Å². The van der Waals surface area contributed by atoms with Crippen LogP contribution in [0.1, 0.15) is 11.1 Å². The second-order valence-corrected chi connectivity index (χ2v) is 6.84. The third kappa shape index (κ3) is 4.11. The van der Waals surface area contributed by atoms with Crippen molar-refractivity contribution < 1.29 is 19.1 Å². The van der Waals surface area contributed by atoms with E-state index in [0.717, 1.165) is 4.90 Å². The van der Waals surface area contributed by atoms with Gasteiger partial charge >= 0.3 is 6.03 Å². The molecule has 3 rings (SSSR count). The number of nitrogens with one attached hydrogen (secondary N) is 1. The lowest BCUT2D eigenvalue weighted by Gasteiger charge is -2.27. The van der Waals surface area contributed by atoms with Crippen molar-refractivity contribution in [3.8, 4) is 18.1 Å². The molecule has 1 heterocycles. The van der Waals surface area contributed by atoms with Crippen LogP contribution in [0.25, 0.3) is 6.08 Å². The molecule has 0 unspecified atom stereocenters. The quantitative estimate of drug-likeness (QED) is 0.453. The minimum absolute atomic E-state index is 0.0527. The SMILES string of the molecule is C#CCOc1ccc(/C=C2\C(=O)NC(=O)N(c3cccc(Cl)c3C)C2=O)cc1Cl. The maximum absolute atomic E-state index is 13.0. The number of urea groups is 1. The van der Waals surface area contributed by atoms with Gasteiger partial charge in [0.2, 0.25) is 0 Å². The van der Waals surface area contributed by atoms with Crippen LogP contribution in [0.5, 0.6) is 5.75 Å². The van der Waals surface area contributed by atoms with E-state index in [4.69, 9.17) is 34.4 Å². The molecular weight excluding hydrogens is 415 g/mol. The summed E-state index contributed by atoms with van der Waals surface area (Å²) in [6.45, 7) is 1.73. The molecule has 0 atom stereocenters. The number of barbiturate groups is 1. The highest BCUT2D eigenvalue weighted by atomic mass is 35.5. The van der Waals surface area contributed by atoms with E-state index in [0.29, 0.717) is 21.9 Å². The van der Waals surface area contributed by atoms with E-state index >= 15 is 0 Å². The molecule has 1 aliphatic heterocycles. The third-order valence-corrected chi connectivity index (χ3v) is 4.86. The van der Waals surface area contributed by atoms with Crippen LogP contribution in [0.2, 0.25) is 10.0 Å². The molecule has 1 saturated heterocycles. The van der Waals surface area contributed by atoms with Gasteiger partial charge in [-0.05, 0) is 48.4 Å². The smallest absolute Gasteiger partial charge is 0.335 e. The number of carbonyl (C=O) groups is 3. The largest absolute Gasteiger partial charge is 0.479 e. The van der Waals surface area contributed by atoms with Gasteiger partial charge < -0.3 is 4.74 Å². The lowest BCUT2D eigenvalue weighted by Crippen LogP contribution is -2.54. The number of imide groups is 2. The predicted molar refractivity (Wildman–Crippen MR) is 111 cm³/mol. The predicted octanol–water partition coefficient (Wildman–Crippen LogP) is 3.98. The minimum atomic E-state index is -0.849. The summed E-state index contributed by atoms with van der Waals surface area (Å²) in [4.78, 5) is 38.4. The zero-order valence-electron chi connectivity index (χ0n) is 15.2. The Kier molecular flexibility index (Phi) is 5.92. The molecule has 146 valence electrons. The van der Waals surface area contributed by atoms with E-state index in [1.54, 1.807) is 37.3 Å². The average molecular weight is 429 g/mol. The van der Waals surface area contributed by atoms with Crippen molar-refractivity contribution in [2.75, 3.05) is 11.5 Å². The molecule has 0 aliphatic carbocycles. The van der Waals surface area contributed by atoms with Crippen LogP contribution in [0.4, 0.5) is 10.5 Å². The summed E-state index contributed by atoms with van der Waals surface area (Å²) in [6, 6.07) is 8.67. The molecule has 4 amide bonds. The first kappa shape index (κ1) is 20.5. The molecule has 0 saturated carbocycles. The molecule has 2 aromatic rings. The maximum Gasteiger partial charge on any atom is 0.335 e. The molecule has 1 fully saturated rings. The monoisotopic (exact) mass is 428 g/mol. The first-order valence-electron chi connectivity index (χ1n) is 8.36. The number of carbonyl (C=O) groups excluding carboxylic acids is 3. The number of amides is 4. The van der Waals surface area contributed by atoms with Gasteiger partial charge in [0.15, 0.2) is 0 Å². The first-order valence-corrected chi connectivity index (χ1v) is 9.11. The second-order valence-electron chi connectivity index (χ2n) is 6.02. The van der Waals surface area contributed by atoms with Gasteiger partial charge in [0.1, 0.15) is 17.9 Å². The summed E-state index contributed by atoms with van der Waals surface area (Å²) in [5.41, 5.74) is 1.06. The third-order valence-electron chi connectivity index (χ3n) is 4.16. The van der Waals surface area contributed by atoms with Gasteiger partial charge in [-0.1, -0.05) is 41.3 Å². The van der Waals surface area contributed by atoms with E-state index in [9.17, 15) is 14.4 Å². The average Bonchev–Trinajstić information content (AvgIpc) is 2.67. The van der Waals surface area contributed by atoms with Crippen LogP contribution < -0.4 is 15.0 Å². The minimum Gasteiger partial charge on any atom is -0.479 e. The Morgan fingerprint density at radius 1 is 1.17 bits per heavy atom. The molecule has 29 heavy (non-hydrogen) atoms. The van der Waals surface area contributed by atoms with Crippen LogP contribution >= 0.6 is 23.2 Å². The number of halogens is 2. The van der Waals surface area contributed by atoms with Gasteiger partial charge in [0.25, 0.3) is 11.8 Å². The molecule has 1 N–H and O–H groups in total. The van der Waals surface area contributed by atoms with Gasteiger partial charge in [-0.15, -0.1) is 6.42 Å². The van der Waals surface area contributed by atoms with E-state index in [2.05, 4.69) is 11.2 Å². The van der Waals surface area contributed by atoms with E-state index < -0.39 is 17.8 Å². The van der Waals surface area contributed by atoms with E-state index in [1.807, 2.05) is 0 Å². The lowest BCUT2D eigenvalue weighted by molar-refractivity contribution is -0.122. The Labute approximate surface area is 177 Å². The number of hydrogen-bond acceptors (Lipinski definition) is 4. The molecule has 0 aromatic heterocycles. The highest BCUT2D eigenvalue weighted by molar-refractivity contribution is 6.40. The van der Waals surface area contributed by atoms with Crippen molar-refractivity contribution in [2.24, 2.45) is 0 Å². The fourth-order valence-corrected chi connectivity index (χ4v) is 3.14. The van der Waals surface area contributed by atoms with Crippen molar-refractivity contribution in [3.63, 3.8) is 0 Å². The molecular formula is C21H14Cl2N2O4. The number of anilines is 1. The summed E-state index contributed by atoms with van der Waals surface area (Å²) < 4.78 is 5.29. The van der Waals surface area contributed by atoms with Crippen LogP contribution in [0.3, 0.4) is 0 Å². The van der Waals surface area contributed by atoms with Crippen molar-refractivity contribution in [2.45, 2.75) is 6.92 Å². The van der Waals surface area contributed by atoms with Gasteiger partial charge in [-0.25, -0.2) is 9.69 Å². The summed E-state index contributed by atoms with van der Waals surface area (Å²) in [5.74, 6) is 1.13. The van der Waals surface area contributed by atoms with Crippen LogP contribution in [0, 0.1) is 19.3 Å². The molecule has 0 radical (unpaired) electrons. The first-order chi connectivity index (χ1) is 13.8. The highest BCUT2D eigenvalue weighted by Gasteiger charge is 2.37. The lowest BCUT2D eigenvalue weighted by atomic mass is 10.1. The van der Waals surface area contributed by atoms with E-state index in [-0.39, 0.29) is 22.9 Å². The maximum atomic E-state index is 13.0. The Balaban J connectivity index is 1.99. The second kappa shape index (κ2) is 8.39. The van der Waals surface area contributed by atoms with Crippen molar-refractivity contribution in [3.05, 3.63) is 63.1 Å². The molecule has 1 aliphatic rings. The fraction of sp³-hybridized carbons (Fsp3) is 0.0952. The van der Waals surface area contributed by atoms with Crippen molar-refractivity contribution in [1.82, 2.24) is 5.32 Å². The summed E-state index contributed by atoms with van der Waals surface area (Å²) >= 11 is 12.3. The zero-order valence-corrected chi connectivity index (χ0v) is 16.7. The number of ether oxygens (including phenoxy) is 1. The number of benzene rings is 2. The highest BCUT2D eigenvalue weighted by Crippen LogP contribution is 2.30. The number of terminal acetylenes is 1. The summed E-state index contributed by atoms with van der Waals surface area (Å²) in [6.07, 6.45) is 6.49. The topological polar surface area (TPSA) is 75.7 Å². The van der Waals surface area contributed by atoms with Crippen molar-refractivity contribution in [1.29, 1.82) is 0 Å². The molecule has 6 nitrogen and oxygen atoms in total. The summed E-state index contributed by atoms with van der Waals surface area (Å²) in [7, 11) is 0. The Bertz CT molecular complexity index is 1100. The normalized spacial score (nSPS) is 15.3. The standard InChI is InChI=1S/C21H14Cl2N2O4/c1-3-9-29-18-8-7-13(11-16(18)23)10-14-19(26)24-21(28)25(20(14)27)17-6-4-5-15(22)12(17)2/h1,4-8,10-11H,9H2,2H3,(H,24,26,28)/b14-10+. The summed E-state index contributed by atoms with van der Waals surface area (Å²) in [5, 5.41) is 2.81. The molecule has 0 bridgehead atoms. The fourth-order valence-electron chi connectivity index (χ4n) is 2.72. The van der Waals surface area contributed by atoms with Crippen LogP contribution in [-0.2, 0) is 9.59 Å². The number of hydrogen-bond donors (Lipinski definition) is 1. The van der Waals surface area contributed by atoms with E-state index in [1.165, 1.54) is 12.1 Å². The number of nitrogens with zero attached hydrogens (tertiary/aromatic N) is 1. The Morgan fingerprint density at radius 2 is 1.93 bits per heavy atom. The molecule has 0 spiro atoms. The zero-order chi connectivity index (χ0) is 21.1. The molecule has 2 aromatic carbocycles. The Morgan fingerprint density at radius 3 is 2.62 bits per heavy atom. The van der Waals surface area contributed by atoms with Gasteiger partial charge in [0.05, 0.1) is 10.7 Å². The van der Waals surface area contributed by atoms with Gasteiger partial charge in [0, 0.05) is 5.02 Å².